The van der Waals surface area contributed by atoms with E-state index < -0.39 is 10.4 Å². The molecule has 0 aliphatic heterocycles. The molecule has 154 valence electrons. The van der Waals surface area contributed by atoms with Crippen LogP contribution in [0.5, 0.6) is 5.75 Å². The highest BCUT2D eigenvalue weighted by Crippen LogP contribution is 2.40. The third kappa shape index (κ3) is 4.91. The molecule has 0 aliphatic carbocycles. The van der Waals surface area contributed by atoms with Crippen LogP contribution < -0.4 is 4.18 Å². The van der Waals surface area contributed by atoms with Crippen molar-refractivity contribution in [1.29, 1.82) is 0 Å². The lowest BCUT2D eigenvalue weighted by atomic mass is 9.85. The first-order chi connectivity index (χ1) is 15.0. The van der Waals surface area contributed by atoms with Gasteiger partial charge in [-0.2, -0.15) is 8.42 Å². The summed E-state index contributed by atoms with van der Waals surface area (Å²) in [6, 6.07) is 36.3. The maximum absolute atomic E-state index is 11.5. The van der Waals surface area contributed by atoms with Gasteiger partial charge in [0.15, 0.2) is 5.75 Å². The second-order valence-electron chi connectivity index (χ2n) is 6.86. The minimum absolute atomic E-state index is 0.0493. The van der Waals surface area contributed by atoms with E-state index in [9.17, 15) is 13.0 Å². The van der Waals surface area contributed by atoms with Gasteiger partial charge in [-0.3, -0.25) is 4.55 Å². The Labute approximate surface area is 182 Å². The summed E-state index contributed by atoms with van der Waals surface area (Å²) in [5.41, 5.74) is 5.07. The summed E-state index contributed by atoms with van der Waals surface area (Å²) < 4.78 is 37.4. The van der Waals surface area contributed by atoms with Crippen LogP contribution in [-0.4, -0.2) is 13.0 Å². The fourth-order valence-corrected chi connectivity index (χ4v) is 3.94. The summed E-state index contributed by atoms with van der Waals surface area (Å²) in [6.07, 6.45) is 0. The molecule has 0 amide bonds. The Kier molecular flexibility index (Phi) is 5.98. The molecule has 5 heteroatoms. The summed E-state index contributed by atoms with van der Waals surface area (Å²) in [6.45, 7) is 0. The fourth-order valence-electron chi connectivity index (χ4n) is 3.56. The van der Waals surface area contributed by atoms with Crippen molar-refractivity contribution in [2.45, 2.75) is 0 Å². The van der Waals surface area contributed by atoms with Crippen LogP contribution in [0.3, 0.4) is 0 Å². The van der Waals surface area contributed by atoms with Crippen LogP contribution in [0.25, 0.3) is 11.1 Å². The molecule has 0 radical (unpaired) electrons. The molecule has 31 heavy (non-hydrogen) atoms. The summed E-state index contributed by atoms with van der Waals surface area (Å²) >= 11 is 0. The first-order valence-electron chi connectivity index (χ1n) is 9.70. The quantitative estimate of drug-likeness (QED) is 0.308. The van der Waals surface area contributed by atoms with Crippen LogP contribution in [0.2, 0.25) is 0 Å². The zero-order chi connectivity index (χ0) is 21.7. The van der Waals surface area contributed by atoms with Gasteiger partial charge in [-0.25, -0.2) is 0 Å². The second-order valence-corrected chi connectivity index (χ2v) is 7.88. The topological polar surface area (TPSA) is 63.6 Å². The van der Waals surface area contributed by atoms with E-state index in [1.807, 2.05) is 97.1 Å². The summed E-state index contributed by atoms with van der Waals surface area (Å²) in [5.74, 6) is 0.0493. The van der Waals surface area contributed by atoms with Gasteiger partial charge in [-0.05, 0) is 28.3 Å². The molecule has 0 atom stereocenters. The van der Waals surface area contributed by atoms with Crippen LogP contribution in [0.15, 0.2) is 115 Å². The van der Waals surface area contributed by atoms with Crippen molar-refractivity contribution in [3.05, 3.63) is 138 Å². The number of hydrogen-bond acceptors (Lipinski definition) is 3. The predicted molar refractivity (Wildman–Crippen MR) is 123 cm³/mol. The highest BCUT2D eigenvalue weighted by molar-refractivity contribution is 7.81. The van der Waals surface area contributed by atoms with Crippen LogP contribution in [-0.2, 0) is 10.4 Å². The molecule has 0 unspecified atom stereocenters. The van der Waals surface area contributed by atoms with Crippen molar-refractivity contribution in [2.75, 3.05) is 0 Å². The molecule has 0 bridgehead atoms. The monoisotopic (exact) mass is 428 g/mol. The molecule has 0 heterocycles. The average molecular weight is 429 g/mol. The molecule has 0 saturated carbocycles. The van der Waals surface area contributed by atoms with E-state index in [1.165, 1.54) is 6.07 Å². The highest BCUT2D eigenvalue weighted by Gasteiger charge is 2.21. The van der Waals surface area contributed by atoms with E-state index in [0.29, 0.717) is 5.56 Å². The second kappa shape index (κ2) is 9.00. The normalized spacial score (nSPS) is 11.0. The summed E-state index contributed by atoms with van der Waals surface area (Å²) in [7, 11) is -4.69. The summed E-state index contributed by atoms with van der Waals surface area (Å²) in [4.78, 5) is 0. The summed E-state index contributed by atoms with van der Waals surface area (Å²) in [5, 5.41) is 0. The van der Waals surface area contributed by atoms with Crippen LogP contribution in [0.1, 0.15) is 22.3 Å². The Morgan fingerprint density at radius 2 is 0.935 bits per heavy atom. The van der Waals surface area contributed by atoms with E-state index >= 15 is 0 Å². The third-order valence-electron chi connectivity index (χ3n) is 4.79. The van der Waals surface area contributed by atoms with Gasteiger partial charge in [-0.15, -0.1) is 0 Å². The smallest absolute Gasteiger partial charge is 0.361 e. The van der Waals surface area contributed by atoms with E-state index in [1.54, 1.807) is 12.1 Å². The largest absolute Gasteiger partial charge is 0.446 e. The minimum atomic E-state index is -4.69. The SMILES string of the molecule is O=S(=O)(O)Oc1ccccc1C(=C(c1ccccc1)c1ccccc1)c1ccccc1. The first kappa shape index (κ1) is 20.6. The Morgan fingerprint density at radius 1 is 0.548 bits per heavy atom. The predicted octanol–water partition coefficient (Wildman–Crippen LogP) is 5.88. The van der Waals surface area contributed by atoms with Gasteiger partial charge in [0.2, 0.25) is 0 Å². The van der Waals surface area contributed by atoms with Crippen molar-refractivity contribution < 1.29 is 17.2 Å². The van der Waals surface area contributed by atoms with E-state index in [0.717, 1.165) is 27.8 Å². The molecule has 0 aliphatic rings. The molecular formula is C26H20O4S. The zero-order valence-electron chi connectivity index (χ0n) is 16.5. The molecule has 4 rings (SSSR count). The van der Waals surface area contributed by atoms with Crippen molar-refractivity contribution in [1.82, 2.24) is 0 Å². The van der Waals surface area contributed by atoms with Crippen molar-refractivity contribution in [3.63, 3.8) is 0 Å². The molecule has 4 nitrogen and oxygen atoms in total. The Bertz CT molecular complexity index is 1260. The maximum atomic E-state index is 11.5. The van der Waals surface area contributed by atoms with Gasteiger partial charge in [-0.1, -0.05) is 109 Å². The lowest BCUT2D eigenvalue weighted by Crippen LogP contribution is -2.09. The molecule has 0 spiro atoms. The minimum Gasteiger partial charge on any atom is -0.361 e. The first-order valence-corrected chi connectivity index (χ1v) is 11.1. The molecule has 1 N–H and O–H groups in total. The molecular weight excluding hydrogens is 408 g/mol. The lowest BCUT2D eigenvalue weighted by Gasteiger charge is -2.19. The Hall–Kier alpha value is -3.67. The standard InChI is InChI=1S/C26H20O4S/c27-31(28,29)30-24-19-11-10-18-23(24)26(22-16-8-3-9-17-22)25(20-12-4-1-5-13-20)21-14-6-2-7-15-21/h1-19H,(H,27,28,29). The number of rotatable bonds is 6. The van der Waals surface area contributed by atoms with E-state index in [2.05, 4.69) is 0 Å². The molecule has 4 aromatic rings. The maximum Gasteiger partial charge on any atom is 0.446 e. The van der Waals surface area contributed by atoms with Gasteiger partial charge < -0.3 is 4.18 Å². The number of para-hydroxylation sites is 1. The molecule has 4 aromatic carbocycles. The highest BCUT2D eigenvalue weighted by atomic mass is 32.3. The Balaban J connectivity index is 2.12. The average Bonchev–Trinajstić information content (AvgIpc) is 2.79. The number of hydrogen-bond donors (Lipinski definition) is 1. The van der Waals surface area contributed by atoms with Gasteiger partial charge in [0, 0.05) is 11.1 Å². The van der Waals surface area contributed by atoms with Crippen LogP contribution in [0, 0.1) is 0 Å². The van der Waals surface area contributed by atoms with Gasteiger partial charge in [0.1, 0.15) is 0 Å². The van der Waals surface area contributed by atoms with Gasteiger partial charge in [0.05, 0.1) is 0 Å². The van der Waals surface area contributed by atoms with Crippen molar-refractivity contribution >= 4 is 21.5 Å². The van der Waals surface area contributed by atoms with Crippen LogP contribution in [0.4, 0.5) is 0 Å². The van der Waals surface area contributed by atoms with Crippen LogP contribution >= 0.6 is 0 Å². The van der Waals surface area contributed by atoms with Gasteiger partial charge >= 0.3 is 10.4 Å². The van der Waals surface area contributed by atoms with Gasteiger partial charge in [0.25, 0.3) is 0 Å². The van der Waals surface area contributed by atoms with Crippen molar-refractivity contribution in [2.24, 2.45) is 0 Å². The fraction of sp³-hybridized carbons (Fsp3) is 0. The Morgan fingerprint density at radius 3 is 1.39 bits per heavy atom. The molecule has 0 fully saturated rings. The molecule has 0 saturated heterocycles. The van der Waals surface area contributed by atoms with Crippen molar-refractivity contribution in [3.8, 4) is 5.75 Å². The number of benzene rings is 4. The molecule has 0 aromatic heterocycles. The van der Waals surface area contributed by atoms with E-state index in [-0.39, 0.29) is 5.75 Å². The zero-order valence-corrected chi connectivity index (χ0v) is 17.4. The third-order valence-corrected chi connectivity index (χ3v) is 5.18. The van der Waals surface area contributed by atoms with E-state index in [4.69, 9.17) is 4.18 Å². The lowest BCUT2D eigenvalue weighted by molar-refractivity contribution is 0.386.